The highest BCUT2D eigenvalue weighted by molar-refractivity contribution is 5.29. The van der Waals surface area contributed by atoms with Crippen LogP contribution in [0.25, 0.3) is 0 Å². The fraction of sp³-hybridized carbons (Fsp3) is 0.667. The Labute approximate surface area is 84.8 Å². The van der Waals surface area contributed by atoms with Crippen molar-refractivity contribution in [2.24, 2.45) is 17.3 Å². The molecule has 2 aliphatic rings. The lowest BCUT2D eigenvalue weighted by molar-refractivity contribution is 0.0613. The first-order valence-electron chi connectivity index (χ1n) is 5.23. The topological polar surface area (TPSA) is 47.6 Å². The van der Waals surface area contributed by atoms with E-state index in [-0.39, 0.29) is 5.41 Å². The van der Waals surface area contributed by atoms with Crippen LogP contribution in [0.3, 0.4) is 0 Å². The van der Waals surface area contributed by atoms with Crippen molar-refractivity contribution >= 4 is 0 Å². The van der Waals surface area contributed by atoms with Crippen molar-refractivity contribution in [1.82, 2.24) is 0 Å². The van der Waals surface area contributed by atoms with Gasteiger partial charge in [-0.3, -0.25) is 0 Å². The Balaban J connectivity index is 2.18. The molecule has 3 atom stereocenters. The van der Waals surface area contributed by atoms with E-state index in [1.807, 2.05) is 0 Å². The van der Waals surface area contributed by atoms with Crippen molar-refractivity contribution in [3.8, 4) is 12.1 Å². The van der Waals surface area contributed by atoms with Gasteiger partial charge in [0.1, 0.15) is 0 Å². The summed E-state index contributed by atoms with van der Waals surface area (Å²) in [6.45, 7) is 2.16. The first-order valence-corrected chi connectivity index (χ1v) is 5.23. The quantitative estimate of drug-likeness (QED) is 0.622. The van der Waals surface area contributed by atoms with Crippen LogP contribution in [0.15, 0.2) is 11.6 Å². The summed E-state index contributed by atoms with van der Waals surface area (Å²) in [6, 6.07) is 4.52. The number of hydrogen-bond acceptors (Lipinski definition) is 2. The van der Waals surface area contributed by atoms with Crippen molar-refractivity contribution < 1.29 is 0 Å². The number of allylic oxidation sites excluding steroid dienone is 2. The first kappa shape index (κ1) is 9.28. The van der Waals surface area contributed by atoms with Gasteiger partial charge in [-0.05, 0) is 31.1 Å². The lowest BCUT2D eigenvalue weighted by Crippen LogP contribution is -2.43. The molecule has 0 aliphatic heterocycles. The fourth-order valence-corrected chi connectivity index (χ4v) is 2.93. The Kier molecular flexibility index (Phi) is 2.08. The highest BCUT2D eigenvalue weighted by atomic mass is 14.6. The van der Waals surface area contributed by atoms with Gasteiger partial charge in [0.25, 0.3) is 0 Å². The SMILES string of the molecule is CCC1=C[C@@H]2[C@H](C1)CC2(C#N)CC#N. The lowest BCUT2D eigenvalue weighted by Gasteiger charge is -2.46. The minimum Gasteiger partial charge on any atom is -0.198 e. The normalized spacial score (nSPS) is 38.9. The minimum atomic E-state index is -0.337. The van der Waals surface area contributed by atoms with Gasteiger partial charge in [-0.25, -0.2) is 0 Å². The van der Waals surface area contributed by atoms with Gasteiger partial charge in [-0.1, -0.05) is 18.6 Å². The minimum absolute atomic E-state index is 0.337. The molecule has 2 heteroatoms. The molecule has 0 spiro atoms. The van der Waals surface area contributed by atoms with Gasteiger partial charge in [-0.15, -0.1) is 0 Å². The van der Waals surface area contributed by atoms with Crippen LogP contribution in [0, 0.1) is 39.9 Å². The van der Waals surface area contributed by atoms with E-state index in [1.165, 1.54) is 5.57 Å². The molecule has 0 heterocycles. The van der Waals surface area contributed by atoms with Gasteiger partial charge in [0.15, 0.2) is 0 Å². The zero-order valence-corrected chi connectivity index (χ0v) is 8.45. The van der Waals surface area contributed by atoms with Crippen molar-refractivity contribution in [2.45, 2.75) is 32.6 Å². The number of nitriles is 2. The molecule has 1 saturated carbocycles. The number of rotatable bonds is 2. The van der Waals surface area contributed by atoms with Crippen LogP contribution in [0.5, 0.6) is 0 Å². The monoisotopic (exact) mass is 186 g/mol. The number of hydrogen-bond donors (Lipinski definition) is 0. The zero-order valence-electron chi connectivity index (χ0n) is 8.45. The van der Waals surface area contributed by atoms with E-state index in [4.69, 9.17) is 10.5 Å². The third-order valence-corrected chi connectivity index (χ3v) is 3.78. The molecule has 0 aromatic rings. The third-order valence-electron chi connectivity index (χ3n) is 3.78. The summed E-state index contributed by atoms with van der Waals surface area (Å²) in [5.74, 6) is 1.04. The van der Waals surface area contributed by atoms with E-state index in [2.05, 4.69) is 25.1 Å². The average Bonchev–Trinajstić information content (AvgIpc) is 2.53. The predicted molar refractivity (Wildman–Crippen MR) is 52.9 cm³/mol. The molecule has 0 bridgehead atoms. The van der Waals surface area contributed by atoms with Gasteiger partial charge in [0.05, 0.1) is 24.0 Å². The Morgan fingerprint density at radius 1 is 1.57 bits per heavy atom. The smallest absolute Gasteiger partial charge is 0.0771 e. The van der Waals surface area contributed by atoms with Gasteiger partial charge >= 0.3 is 0 Å². The van der Waals surface area contributed by atoms with Crippen LogP contribution in [0.1, 0.15) is 32.6 Å². The van der Waals surface area contributed by atoms with Crippen LogP contribution in [-0.2, 0) is 0 Å². The summed E-state index contributed by atoms with van der Waals surface area (Å²) in [4.78, 5) is 0. The van der Waals surface area contributed by atoms with Gasteiger partial charge in [0.2, 0.25) is 0 Å². The third kappa shape index (κ3) is 1.07. The standard InChI is InChI=1S/C12H14N2/c1-2-9-5-10-7-12(8-14,3-4-13)11(10)6-9/h6,10-11H,2-3,5,7H2,1H3/t10-,11-,12?/m1/s1. The van der Waals surface area contributed by atoms with Crippen LogP contribution in [0.4, 0.5) is 0 Å². The van der Waals surface area contributed by atoms with E-state index in [0.717, 1.165) is 19.3 Å². The zero-order chi connectivity index (χ0) is 10.2. The summed E-state index contributed by atoms with van der Waals surface area (Å²) in [5, 5.41) is 17.9. The maximum Gasteiger partial charge on any atom is 0.0771 e. The molecular weight excluding hydrogens is 172 g/mol. The van der Waals surface area contributed by atoms with Crippen molar-refractivity contribution in [3.63, 3.8) is 0 Å². The largest absolute Gasteiger partial charge is 0.198 e. The molecule has 1 fully saturated rings. The van der Waals surface area contributed by atoms with E-state index in [0.29, 0.717) is 18.3 Å². The van der Waals surface area contributed by atoms with Gasteiger partial charge < -0.3 is 0 Å². The van der Waals surface area contributed by atoms with Crippen LogP contribution >= 0.6 is 0 Å². The van der Waals surface area contributed by atoms with E-state index in [1.54, 1.807) is 0 Å². The van der Waals surface area contributed by atoms with Crippen molar-refractivity contribution in [2.75, 3.05) is 0 Å². The summed E-state index contributed by atoms with van der Waals surface area (Å²) in [6.07, 6.45) is 5.85. The molecule has 72 valence electrons. The molecular formula is C12H14N2. The van der Waals surface area contributed by atoms with Crippen molar-refractivity contribution in [1.29, 1.82) is 10.5 Å². The van der Waals surface area contributed by atoms with E-state index >= 15 is 0 Å². The van der Waals surface area contributed by atoms with E-state index in [9.17, 15) is 0 Å². The second-order valence-electron chi connectivity index (χ2n) is 4.48. The molecule has 2 rings (SSSR count). The number of fused-ring (bicyclic) bond motifs is 1. The molecule has 0 saturated heterocycles. The van der Waals surface area contributed by atoms with Crippen LogP contribution in [0.2, 0.25) is 0 Å². The summed E-state index contributed by atoms with van der Waals surface area (Å²) < 4.78 is 0. The Morgan fingerprint density at radius 2 is 2.36 bits per heavy atom. The molecule has 1 unspecified atom stereocenters. The molecule has 2 aliphatic carbocycles. The second kappa shape index (κ2) is 3.14. The highest BCUT2D eigenvalue weighted by Crippen LogP contribution is 2.59. The Bertz CT molecular complexity index is 355. The summed E-state index contributed by atoms with van der Waals surface area (Å²) in [7, 11) is 0. The van der Waals surface area contributed by atoms with Gasteiger partial charge in [0, 0.05) is 0 Å². The molecule has 0 N–H and O–H groups in total. The van der Waals surface area contributed by atoms with Crippen LogP contribution in [-0.4, -0.2) is 0 Å². The predicted octanol–water partition coefficient (Wildman–Crippen LogP) is 2.79. The van der Waals surface area contributed by atoms with Crippen molar-refractivity contribution in [3.05, 3.63) is 11.6 Å². The maximum absolute atomic E-state index is 9.14. The Morgan fingerprint density at radius 3 is 2.93 bits per heavy atom. The second-order valence-corrected chi connectivity index (χ2v) is 4.48. The lowest BCUT2D eigenvalue weighted by atomic mass is 9.54. The Hall–Kier alpha value is -1.28. The maximum atomic E-state index is 9.14. The average molecular weight is 186 g/mol. The molecule has 0 amide bonds. The molecule has 2 nitrogen and oxygen atoms in total. The highest BCUT2D eigenvalue weighted by Gasteiger charge is 2.55. The molecule has 0 aromatic carbocycles. The molecule has 14 heavy (non-hydrogen) atoms. The summed E-state index contributed by atoms with van der Waals surface area (Å²) in [5.41, 5.74) is 1.14. The number of nitrogens with zero attached hydrogens (tertiary/aromatic N) is 2. The summed E-state index contributed by atoms with van der Waals surface area (Å²) >= 11 is 0. The molecule has 0 radical (unpaired) electrons. The first-order chi connectivity index (χ1) is 6.75. The molecule has 0 aromatic heterocycles. The fourth-order valence-electron chi connectivity index (χ4n) is 2.93. The van der Waals surface area contributed by atoms with E-state index < -0.39 is 0 Å². The van der Waals surface area contributed by atoms with Gasteiger partial charge in [-0.2, -0.15) is 10.5 Å². The van der Waals surface area contributed by atoms with Crippen LogP contribution < -0.4 is 0 Å².